The molecule has 1 fully saturated rings. The molecule has 0 aliphatic carbocycles. The van der Waals surface area contributed by atoms with Crippen molar-refractivity contribution in [3.05, 3.63) is 58.6 Å². The van der Waals surface area contributed by atoms with Gasteiger partial charge in [-0.3, -0.25) is 14.8 Å². The van der Waals surface area contributed by atoms with E-state index in [1.165, 1.54) is 24.3 Å². The van der Waals surface area contributed by atoms with Crippen molar-refractivity contribution in [2.75, 3.05) is 29.3 Å². The van der Waals surface area contributed by atoms with Gasteiger partial charge in [-0.25, -0.2) is 8.42 Å². The van der Waals surface area contributed by atoms with E-state index in [4.69, 9.17) is 0 Å². The molecule has 1 saturated heterocycles. The minimum atomic E-state index is -3.82. The first-order chi connectivity index (χ1) is 12.3. The molecule has 2 aromatic rings. The van der Waals surface area contributed by atoms with Crippen LogP contribution in [0.1, 0.15) is 6.92 Å². The number of nitro groups is 1. The largest absolute Gasteiger partial charge is 0.369 e. The summed E-state index contributed by atoms with van der Waals surface area (Å²) >= 11 is 0. The Bertz CT molecular complexity index is 899. The molecule has 8 nitrogen and oxygen atoms in total. The van der Waals surface area contributed by atoms with E-state index in [0.29, 0.717) is 6.04 Å². The fourth-order valence-electron chi connectivity index (χ4n) is 2.90. The molecule has 1 heterocycles. The smallest absolute Gasteiger partial charge is 0.271 e. The first-order valence-electron chi connectivity index (χ1n) is 8.21. The summed E-state index contributed by atoms with van der Waals surface area (Å²) in [7, 11) is -3.82. The van der Waals surface area contributed by atoms with Gasteiger partial charge in [0.1, 0.15) is 0 Å². The van der Waals surface area contributed by atoms with Gasteiger partial charge in [-0.2, -0.15) is 0 Å². The molecule has 0 spiro atoms. The standard InChI is InChI=1S/C17H20N4O4S/c1-13-12-20(10-9-18-13)15-5-7-17(8-6-15)26(24,25)19-14-3-2-4-16(11-14)21(22)23/h2-8,11,13,18-19H,9-10,12H2,1H3. The Balaban J connectivity index is 1.77. The zero-order valence-corrected chi connectivity index (χ0v) is 15.1. The SMILES string of the molecule is CC1CN(c2ccc(S(=O)(=O)Nc3cccc([N+](=O)[O-])c3)cc2)CCN1. The number of piperazine rings is 1. The number of sulfonamides is 1. The Kier molecular flexibility index (Phi) is 5.10. The molecule has 0 aromatic heterocycles. The van der Waals surface area contributed by atoms with Crippen molar-refractivity contribution >= 4 is 27.1 Å². The van der Waals surface area contributed by atoms with Gasteiger partial charge >= 0.3 is 0 Å². The van der Waals surface area contributed by atoms with Crippen molar-refractivity contribution in [2.24, 2.45) is 0 Å². The molecule has 0 radical (unpaired) electrons. The molecule has 3 rings (SSSR count). The first-order valence-corrected chi connectivity index (χ1v) is 9.69. The molecule has 2 N–H and O–H groups in total. The summed E-state index contributed by atoms with van der Waals surface area (Å²) in [6.07, 6.45) is 0. The Labute approximate surface area is 152 Å². The summed E-state index contributed by atoms with van der Waals surface area (Å²) in [6.45, 7) is 4.71. The normalized spacial score (nSPS) is 17.7. The van der Waals surface area contributed by atoms with Crippen molar-refractivity contribution in [2.45, 2.75) is 17.9 Å². The van der Waals surface area contributed by atoms with Gasteiger partial charge in [0.05, 0.1) is 15.5 Å². The third-order valence-corrected chi connectivity index (χ3v) is 5.59. The molecular weight excluding hydrogens is 356 g/mol. The molecule has 1 unspecified atom stereocenters. The lowest BCUT2D eigenvalue weighted by Crippen LogP contribution is -2.49. The van der Waals surface area contributed by atoms with Crippen molar-refractivity contribution in [3.8, 4) is 0 Å². The predicted octanol–water partition coefficient (Wildman–Crippen LogP) is 2.19. The zero-order chi connectivity index (χ0) is 18.7. The van der Waals surface area contributed by atoms with Crippen molar-refractivity contribution < 1.29 is 13.3 Å². The number of rotatable bonds is 5. The second-order valence-electron chi connectivity index (χ2n) is 6.21. The minimum Gasteiger partial charge on any atom is -0.369 e. The Hall–Kier alpha value is -2.65. The summed E-state index contributed by atoms with van der Waals surface area (Å²) in [4.78, 5) is 12.6. The second kappa shape index (κ2) is 7.30. The summed E-state index contributed by atoms with van der Waals surface area (Å²) < 4.78 is 27.4. The van der Waals surface area contributed by atoms with Crippen LogP contribution in [0.2, 0.25) is 0 Å². The summed E-state index contributed by atoms with van der Waals surface area (Å²) in [6, 6.07) is 12.4. The highest BCUT2D eigenvalue weighted by molar-refractivity contribution is 7.92. The summed E-state index contributed by atoms with van der Waals surface area (Å²) in [5.41, 5.74) is 0.945. The van der Waals surface area contributed by atoms with Crippen LogP contribution in [0.3, 0.4) is 0 Å². The zero-order valence-electron chi connectivity index (χ0n) is 14.3. The Morgan fingerprint density at radius 2 is 1.96 bits per heavy atom. The maximum absolute atomic E-state index is 12.5. The van der Waals surface area contributed by atoms with Gasteiger partial charge in [0, 0.05) is 43.5 Å². The molecule has 138 valence electrons. The molecule has 0 saturated carbocycles. The van der Waals surface area contributed by atoms with Gasteiger partial charge in [0.15, 0.2) is 0 Å². The number of nitro benzene ring substituents is 1. The van der Waals surface area contributed by atoms with E-state index in [1.807, 2.05) is 0 Å². The van der Waals surface area contributed by atoms with E-state index in [2.05, 4.69) is 21.9 Å². The topological polar surface area (TPSA) is 105 Å². The van der Waals surface area contributed by atoms with E-state index in [-0.39, 0.29) is 16.3 Å². The number of hydrogen-bond donors (Lipinski definition) is 2. The van der Waals surface area contributed by atoms with Gasteiger partial charge in [-0.15, -0.1) is 0 Å². The quantitative estimate of drug-likeness (QED) is 0.612. The van der Waals surface area contributed by atoms with Crippen LogP contribution in [0.15, 0.2) is 53.4 Å². The highest BCUT2D eigenvalue weighted by Crippen LogP contribution is 2.23. The molecule has 1 aliphatic heterocycles. The van der Waals surface area contributed by atoms with Crippen molar-refractivity contribution in [1.29, 1.82) is 0 Å². The third-order valence-electron chi connectivity index (χ3n) is 4.19. The lowest BCUT2D eigenvalue weighted by molar-refractivity contribution is -0.384. The van der Waals surface area contributed by atoms with Crippen molar-refractivity contribution in [3.63, 3.8) is 0 Å². The van der Waals surface area contributed by atoms with Gasteiger partial charge < -0.3 is 10.2 Å². The molecular formula is C17H20N4O4S. The highest BCUT2D eigenvalue weighted by atomic mass is 32.2. The number of anilines is 2. The van der Waals surface area contributed by atoms with Crippen LogP contribution in [0, 0.1) is 10.1 Å². The molecule has 26 heavy (non-hydrogen) atoms. The Morgan fingerprint density at radius 3 is 2.62 bits per heavy atom. The van der Waals surface area contributed by atoms with Crippen LogP contribution in [0.5, 0.6) is 0 Å². The second-order valence-corrected chi connectivity index (χ2v) is 7.89. The lowest BCUT2D eigenvalue weighted by atomic mass is 10.2. The maximum Gasteiger partial charge on any atom is 0.271 e. The van der Waals surface area contributed by atoms with Crippen LogP contribution in [-0.4, -0.2) is 39.0 Å². The molecule has 1 atom stereocenters. The molecule has 1 aliphatic rings. The summed E-state index contributed by atoms with van der Waals surface area (Å²) in [5, 5.41) is 14.2. The van der Waals surface area contributed by atoms with Gasteiger partial charge in [-0.05, 0) is 37.3 Å². The molecule has 0 amide bonds. The first kappa shape index (κ1) is 18.2. The van der Waals surface area contributed by atoms with E-state index >= 15 is 0 Å². The average molecular weight is 376 g/mol. The van der Waals surface area contributed by atoms with Crippen LogP contribution in [0.4, 0.5) is 17.1 Å². The lowest BCUT2D eigenvalue weighted by Gasteiger charge is -2.33. The number of benzene rings is 2. The van der Waals surface area contributed by atoms with E-state index in [1.54, 1.807) is 24.3 Å². The van der Waals surface area contributed by atoms with Gasteiger partial charge in [-0.1, -0.05) is 6.07 Å². The number of nitrogens with one attached hydrogen (secondary N) is 2. The number of hydrogen-bond acceptors (Lipinski definition) is 6. The van der Waals surface area contributed by atoms with E-state index in [9.17, 15) is 18.5 Å². The molecule has 0 bridgehead atoms. The monoisotopic (exact) mass is 376 g/mol. The third kappa shape index (κ3) is 4.12. The molecule has 2 aromatic carbocycles. The van der Waals surface area contributed by atoms with Crippen LogP contribution < -0.4 is 14.9 Å². The molecule has 9 heteroatoms. The van der Waals surface area contributed by atoms with Crippen LogP contribution >= 0.6 is 0 Å². The predicted molar refractivity (Wildman–Crippen MR) is 100 cm³/mol. The minimum absolute atomic E-state index is 0.107. The number of non-ortho nitro benzene ring substituents is 1. The van der Waals surface area contributed by atoms with Crippen LogP contribution in [-0.2, 0) is 10.0 Å². The fraction of sp³-hybridized carbons (Fsp3) is 0.294. The summed E-state index contributed by atoms with van der Waals surface area (Å²) in [5.74, 6) is 0. The highest BCUT2D eigenvalue weighted by Gasteiger charge is 2.19. The average Bonchev–Trinajstić information content (AvgIpc) is 2.62. The van der Waals surface area contributed by atoms with Gasteiger partial charge in [0.25, 0.3) is 15.7 Å². The Morgan fingerprint density at radius 1 is 1.23 bits per heavy atom. The van der Waals surface area contributed by atoms with E-state index in [0.717, 1.165) is 25.3 Å². The maximum atomic E-state index is 12.5. The van der Waals surface area contributed by atoms with E-state index < -0.39 is 14.9 Å². The van der Waals surface area contributed by atoms with Crippen LogP contribution in [0.25, 0.3) is 0 Å². The fourth-order valence-corrected chi connectivity index (χ4v) is 3.95. The van der Waals surface area contributed by atoms with Crippen molar-refractivity contribution in [1.82, 2.24) is 5.32 Å². The number of nitrogens with zero attached hydrogens (tertiary/aromatic N) is 2. The van der Waals surface area contributed by atoms with Gasteiger partial charge in [0.2, 0.25) is 0 Å².